The molecule has 7 heterocycles. The molecule has 4 aliphatic rings. The van der Waals surface area contributed by atoms with Crippen molar-refractivity contribution in [3.05, 3.63) is 172 Å². The molecule has 111 heavy (non-hydrogen) atoms. The van der Waals surface area contributed by atoms with E-state index >= 15 is 0 Å². The topological polar surface area (TPSA) is 633 Å². The molecule has 0 saturated carbocycles. The molecule has 48 heteroatoms. The Hall–Kier alpha value is -9.25. The highest BCUT2D eigenvalue weighted by Gasteiger charge is 2.45. The molecule has 1 aliphatic carbocycles. The van der Waals surface area contributed by atoms with E-state index in [4.69, 9.17) is 39.2 Å². The molecule has 8 unspecified atom stereocenters. The predicted molar refractivity (Wildman–Crippen MR) is 385 cm³/mol. The number of nitrogens with zero attached hydrogens (tertiary/aromatic N) is 8. The van der Waals surface area contributed by atoms with Crippen LogP contribution in [-0.2, 0) is 63.2 Å². The molecule has 12 atom stereocenters. The summed E-state index contributed by atoms with van der Waals surface area (Å²) in [7, 11) is -33.4. The van der Waals surface area contributed by atoms with Crippen LogP contribution in [0.25, 0.3) is 55.7 Å². The molecule has 4 aromatic carbocycles. The molecule has 42 nitrogen and oxygen atoms in total. The molecule has 1 amide bonds. The number of aromatic carboxylic acids is 1. The molecule has 3 aliphatic heterocycles. The van der Waals surface area contributed by atoms with Gasteiger partial charge in [-0.3, -0.25) is 27.8 Å². The summed E-state index contributed by atoms with van der Waals surface area (Å²) >= 11 is 0. The maximum Gasteiger partial charge on any atom is 0.490 e. The summed E-state index contributed by atoms with van der Waals surface area (Å²) in [5, 5.41) is 51.1. The van der Waals surface area contributed by atoms with Crippen molar-refractivity contribution in [1.82, 2.24) is 44.4 Å². The Balaban J connectivity index is 0.000000248. The Morgan fingerprint density at radius 1 is 0.604 bits per heavy atom. The Bertz CT molecular complexity index is 5650. The van der Waals surface area contributed by atoms with Crippen LogP contribution in [-0.4, -0.2) is 161 Å². The van der Waals surface area contributed by atoms with Crippen LogP contribution < -0.4 is 27.1 Å². The van der Waals surface area contributed by atoms with E-state index in [1.807, 2.05) is 50.2 Å². The average Bonchev–Trinajstić information content (AvgIpc) is 1.72. The van der Waals surface area contributed by atoms with Crippen molar-refractivity contribution in [3.8, 4) is 51.9 Å². The number of rotatable bonds is 26. The molecule has 2 fully saturated rings. The van der Waals surface area contributed by atoms with E-state index in [0.29, 0.717) is 50.4 Å². The number of amides is 1. The van der Waals surface area contributed by atoms with Crippen molar-refractivity contribution in [2.45, 2.75) is 75.6 Å². The lowest BCUT2D eigenvalue weighted by molar-refractivity contribution is -0.0423. The standard InChI is InChI=1S/C42H37N6O18P3.C21H27N6O12P3/c1-22(47-39-38-40(45-20-44-39)48(21-46-38)36-18-32(51)35(64-36)19-62-68(58,59)66-69(60,61)65-67(55,56)57)24-6-4-23(5-7-24)3-2-14-43-41(52)25-8-11-28(42(53)54)31(15-25)37-29-12-9-26(49)16-33(29)63-34-17-27(50)10-13-30(34)37;1-13(15-6-4-14(5-7-15)3-2-8-22)26-20-19-21(24-11-23-20)27(12-25-19)18-9-16(28)17(37-18)10-36-41(32,33)39-42(34,35)38-40(29,30)31/h4-13,15-17,20-22,32,35-36,49,51H,14,18-19H2,1H3,(H,43,52)(H,53,54)(H,58,59)(H,60,61)(H,44,45,47)(H2,55,56,57);4-7,11-13,16-18,28H,8-10,22H2,1H3,(H,32,33)(H,34,35)(H,23,24,26)(H2,29,30,31)/t22?,32?,35-,36-;13?,16?,17-,18-/m11/s1. The van der Waals surface area contributed by atoms with Gasteiger partial charge in [0.1, 0.15) is 54.4 Å². The highest BCUT2D eigenvalue weighted by atomic mass is 31.3. The van der Waals surface area contributed by atoms with Crippen molar-refractivity contribution in [2.75, 3.05) is 36.9 Å². The zero-order chi connectivity index (χ0) is 80.1. The van der Waals surface area contributed by atoms with Crippen LogP contribution in [0.2, 0.25) is 0 Å². The van der Waals surface area contributed by atoms with Gasteiger partial charge in [0.25, 0.3) is 5.91 Å². The van der Waals surface area contributed by atoms with Gasteiger partial charge in [-0.15, -0.1) is 0 Å². The number of imidazole rings is 2. The van der Waals surface area contributed by atoms with Crippen molar-refractivity contribution < 1.29 is 137 Å². The number of phenols is 1. The molecule has 0 bridgehead atoms. The number of phenolic OH excluding ortho intramolecular Hbond substituents is 1. The second-order valence-electron chi connectivity index (χ2n) is 24.1. The second kappa shape index (κ2) is 34.0. The number of benzene rings is 5. The zero-order valence-corrected chi connectivity index (χ0v) is 62.4. The van der Waals surface area contributed by atoms with Crippen LogP contribution in [0.15, 0.2) is 138 Å². The van der Waals surface area contributed by atoms with E-state index in [0.717, 1.165) is 16.7 Å². The number of carbonyl (C=O) groups excluding carboxylic acids is 1. The molecule has 0 spiro atoms. The first kappa shape index (κ1) is 82.7. The average molecular weight is 1660 g/mol. The number of ether oxygens (including phenoxy) is 2. The molecule has 12 rings (SSSR count). The summed E-state index contributed by atoms with van der Waals surface area (Å²) in [6.45, 7) is 2.37. The highest BCUT2D eigenvalue weighted by molar-refractivity contribution is 7.67. The fourth-order valence-electron chi connectivity index (χ4n) is 11.4. The minimum atomic E-state index is -5.74. The normalized spacial score (nSPS) is 19.9. The van der Waals surface area contributed by atoms with E-state index in [-0.39, 0.29) is 82.9 Å². The molecule has 8 aromatic rings. The lowest BCUT2D eigenvalue weighted by Gasteiger charge is -2.19. The summed E-state index contributed by atoms with van der Waals surface area (Å²) in [6.07, 6.45) is -1.48. The minimum Gasteiger partial charge on any atom is -0.508 e. The van der Waals surface area contributed by atoms with Crippen LogP contribution in [0.1, 0.15) is 94.2 Å². The predicted octanol–water partition coefficient (Wildman–Crippen LogP) is 6.36. The van der Waals surface area contributed by atoms with Crippen molar-refractivity contribution in [2.24, 2.45) is 5.73 Å². The van der Waals surface area contributed by atoms with E-state index in [1.165, 1.54) is 83.0 Å². The quantitative estimate of drug-likeness (QED) is 0.0159. The number of carbonyl (C=O) groups is 2. The maximum atomic E-state index is 13.4. The first-order chi connectivity index (χ1) is 52.3. The van der Waals surface area contributed by atoms with Gasteiger partial charge >= 0.3 is 52.9 Å². The molecule has 4 aromatic heterocycles. The largest absolute Gasteiger partial charge is 0.508 e. The van der Waals surface area contributed by atoms with Crippen LogP contribution in [0.4, 0.5) is 11.6 Å². The minimum absolute atomic E-state index is 0.0154. The third kappa shape index (κ3) is 21.3. The number of phosphoric ester groups is 2. The number of anilines is 2. The summed E-state index contributed by atoms with van der Waals surface area (Å²) in [5.41, 5.74) is 11.0. The Morgan fingerprint density at radius 2 is 1.10 bits per heavy atom. The van der Waals surface area contributed by atoms with Crippen molar-refractivity contribution in [1.29, 1.82) is 0 Å². The lowest BCUT2D eigenvalue weighted by Crippen LogP contribution is -2.26. The summed E-state index contributed by atoms with van der Waals surface area (Å²) in [5.74, 6) is 10.7. The summed E-state index contributed by atoms with van der Waals surface area (Å²) in [4.78, 5) is 137. The number of phosphoric acid groups is 6. The van der Waals surface area contributed by atoms with Crippen LogP contribution in [0.3, 0.4) is 0 Å². The van der Waals surface area contributed by atoms with Crippen molar-refractivity contribution >= 4 is 104 Å². The Labute approximate surface area is 624 Å². The number of fused-ring (bicyclic) bond motifs is 4. The number of aliphatic hydroxyl groups is 2. The van der Waals surface area contributed by atoms with E-state index in [1.54, 1.807) is 18.2 Å². The number of nitrogens with two attached hydrogens (primary N) is 1. The lowest BCUT2D eigenvalue weighted by atomic mass is 9.89. The molecular formula is C63H64N12O30P6. The number of carboxylic acid groups (broad SMARTS) is 1. The zero-order valence-electron chi connectivity index (χ0n) is 57.0. The third-order valence-corrected chi connectivity index (χ3v) is 23.9. The van der Waals surface area contributed by atoms with Gasteiger partial charge in [-0.1, -0.05) is 47.9 Å². The molecule has 2 saturated heterocycles. The van der Waals surface area contributed by atoms with Crippen LogP contribution >= 0.6 is 46.9 Å². The van der Waals surface area contributed by atoms with Gasteiger partial charge in [-0.2, -0.15) is 17.2 Å². The van der Waals surface area contributed by atoms with E-state index in [2.05, 4.69) is 95.8 Å². The Kier molecular flexibility index (Phi) is 25.3. The molecular weight excluding hydrogens is 1590 g/mol. The van der Waals surface area contributed by atoms with Gasteiger partial charge in [-0.25, -0.2) is 62.1 Å². The van der Waals surface area contributed by atoms with Gasteiger partial charge in [0.05, 0.1) is 68.8 Å². The fourth-order valence-corrected chi connectivity index (χ4v) is 17.5. The summed E-state index contributed by atoms with van der Waals surface area (Å²) in [6, 6.07) is 26.9. The van der Waals surface area contributed by atoms with Gasteiger partial charge in [-0.05, 0) is 97.3 Å². The Morgan fingerprint density at radius 3 is 1.58 bits per heavy atom. The summed E-state index contributed by atoms with van der Waals surface area (Å²) < 4.78 is 113. The number of nitrogens with one attached hydrogen (secondary N) is 3. The van der Waals surface area contributed by atoms with Gasteiger partial charge in [0, 0.05) is 58.2 Å². The number of aromatic nitrogens is 8. The smallest absolute Gasteiger partial charge is 0.490 e. The number of hydrogen-bond donors (Lipinski definition) is 16. The first-order valence-electron chi connectivity index (χ1n) is 32.1. The second-order valence-corrected chi connectivity index (χ2v) is 32.9. The molecule has 0 radical (unpaired) electrons. The number of carboxylic acids is 1. The van der Waals surface area contributed by atoms with Gasteiger partial charge < -0.3 is 95.1 Å². The number of aliphatic hydroxyl groups excluding tert-OH is 2. The van der Waals surface area contributed by atoms with E-state index < -0.39 is 109 Å². The monoisotopic (exact) mass is 1650 g/mol. The third-order valence-electron chi connectivity index (χ3n) is 16.3. The van der Waals surface area contributed by atoms with E-state index in [9.17, 15) is 81.8 Å². The number of aromatic hydroxyl groups is 1. The van der Waals surface area contributed by atoms with Crippen LogP contribution in [0.5, 0.6) is 5.75 Å². The first-order valence-corrected chi connectivity index (χ1v) is 41.2. The fraction of sp³-hybridized carbons (Fsp3) is 0.254. The van der Waals surface area contributed by atoms with Crippen LogP contribution in [0, 0.1) is 23.7 Å². The van der Waals surface area contributed by atoms with Crippen molar-refractivity contribution in [3.63, 3.8) is 0 Å². The van der Waals surface area contributed by atoms with Gasteiger partial charge in [0.2, 0.25) is 0 Å². The molecule has 586 valence electrons. The highest BCUT2D eigenvalue weighted by Crippen LogP contribution is 2.68. The number of hydrogen-bond acceptors (Lipinski definition) is 30. The molecule has 17 N–H and O–H groups in total. The maximum absolute atomic E-state index is 13.4. The van der Waals surface area contributed by atoms with Gasteiger partial charge in [0.15, 0.2) is 39.4 Å². The SMILES string of the molecule is CC(Nc1ncnc2c1ncn2[C@H]1CC(O)[C@@H](COP(=O)(O)OP(=O)(O)OP(=O)(O)O)O1)c1ccc(C#CCN)cc1.CC(Nc1ncnc2c1ncn2[C@H]1CC(O)[C@@H](COP(=O)(O)OP(=O)(O)OP(=O)(O)O)O1)c1ccc(C#CCNC(=O)c2ccc(C(=O)O)c(-c3c4ccc(=O)cc-4oc4cc(O)ccc34)c2)cc1.